The lowest BCUT2D eigenvalue weighted by Gasteiger charge is -2.21. The van der Waals surface area contributed by atoms with Crippen molar-refractivity contribution in [2.75, 3.05) is 18.8 Å². The first-order valence-electron chi connectivity index (χ1n) is 6.75. The van der Waals surface area contributed by atoms with Gasteiger partial charge in [-0.3, -0.25) is 9.69 Å². The summed E-state index contributed by atoms with van der Waals surface area (Å²) < 4.78 is 0.876. The highest BCUT2D eigenvalue weighted by Gasteiger charge is 2.37. The number of halogens is 1. The lowest BCUT2D eigenvalue weighted by Crippen LogP contribution is -2.42. The van der Waals surface area contributed by atoms with Gasteiger partial charge in [0.2, 0.25) is 0 Å². The summed E-state index contributed by atoms with van der Waals surface area (Å²) in [6.45, 7) is 2.28. The van der Waals surface area contributed by atoms with E-state index < -0.39 is 0 Å². The summed E-state index contributed by atoms with van der Waals surface area (Å²) in [5.74, 6) is -0.0578. The van der Waals surface area contributed by atoms with E-state index in [-0.39, 0.29) is 11.9 Å². The summed E-state index contributed by atoms with van der Waals surface area (Å²) in [5, 5.41) is 3.15. The molecule has 0 radical (unpaired) electrons. The van der Waals surface area contributed by atoms with Crippen molar-refractivity contribution >= 4 is 27.5 Å². The maximum atomic E-state index is 12.3. The standard InChI is InChI=1S/C14H18BrN3O/c15-9-3-4-11(16)10(8-9)14(19)17-12-5-7-18-6-1-2-13(12)18/h3-4,8,12-13H,1-2,5-7,16H2,(H,17,19). The van der Waals surface area contributed by atoms with Gasteiger partial charge >= 0.3 is 0 Å². The van der Waals surface area contributed by atoms with Crippen LogP contribution < -0.4 is 11.1 Å². The maximum absolute atomic E-state index is 12.3. The van der Waals surface area contributed by atoms with Gasteiger partial charge in [-0.15, -0.1) is 0 Å². The number of carbonyl (C=O) groups excluding carboxylic acids is 1. The Morgan fingerprint density at radius 3 is 3.05 bits per heavy atom. The predicted molar refractivity (Wildman–Crippen MR) is 79.0 cm³/mol. The summed E-state index contributed by atoms with van der Waals surface area (Å²) in [5.41, 5.74) is 6.97. The quantitative estimate of drug-likeness (QED) is 0.818. The second-order valence-corrected chi connectivity index (χ2v) is 6.26. The monoisotopic (exact) mass is 323 g/mol. The van der Waals surface area contributed by atoms with E-state index in [4.69, 9.17) is 5.73 Å². The Bertz CT molecular complexity index is 505. The molecule has 2 unspecified atom stereocenters. The molecule has 0 aromatic heterocycles. The van der Waals surface area contributed by atoms with Crippen molar-refractivity contribution in [1.82, 2.24) is 10.2 Å². The molecule has 0 spiro atoms. The largest absolute Gasteiger partial charge is 0.398 e. The van der Waals surface area contributed by atoms with Crippen molar-refractivity contribution < 1.29 is 4.79 Å². The SMILES string of the molecule is Nc1ccc(Br)cc1C(=O)NC1CCN2CCCC12. The van der Waals surface area contributed by atoms with Crippen LogP contribution in [0, 0.1) is 0 Å². The Balaban J connectivity index is 1.73. The van der Waals surface area contributed by atoms with Gasteiger partial charge in [-0.25, -0.2) is 0 Å². The minimum atomic E-state index is -0.0578. The summed E-state index contributed by atoms with van der Waals surface area (Å²) in [6.07, 6.45) is 3.49. The number of hydrogen-bond acceptors (Lipinski definition) is 3. The fraction of sp³-hybridized carbons (Fsp3) is 0.500. The predicted octanol–water partition coefficient (Wildman–Crippen LogP) is 2.00. The van der Waals surface area contributed by atoms with Gasteiger partial charge < -0.3 is 11.1 Å². The van der Waals surface area contributed by atoms with Crippen LogP contribution in [-0.4, -0.2) is 36.0 Å². The van der Waals surface area contributed by atoms with Crippen molar-refractivity contribution in [3.63, 3.8) is 0 Å². The Morgan fingerprint density at radius 2 is 2.21 bits per heavy atom. The normalized spacial score (nSPS) is 26.4. The molecule has 102 valence electrons. The molecule has 1 aromatic rings. The molecule has 2 heterocycles. The average Bonchev–Trinajstić information content (AvgIpc) is 2.97. The van der Waals surface area contributed by atoms with Gasteiger partial charge in [0.25, 0.3) is 5.91 Å². The van der Waals surface area contributed by atoms with Crippen molar-refractivity contribution in [1.29, 1.82) is 0 Å². The van der Waals surface area contributed by atoms with E-state index in [1.807, 2.05) is 6.07 Å². The maximum Gasteiger partial charge on any atom is 0.253 e. The van der Waals surface area contributed by atoms with E-state index in [0.717, 1.165) is 17.4 Å². The van der Waals surface area contributed by atoms with E-state index in [0.29, 0.717) is 17.3 Å². The Labute approximate surface area is 121 Å². The van der Waals surface area contributed by atoms with Crippen LogP contribution in [0.1, 0.15) is 29.6 Å². The second kappa shape index (κ2) is 5.13. The summed E-state index contributed by atoms with van der Waals surface area (Å²) in [7, 11) is 0. The zero-order chi connectivity index (χ0) is 13.4. The minimum Gasteiger partial charge on any atom is -0.398 e. The van der Waals surface area contributed by atoms with Gasteiger partial charge in [0.05, 0.1) is 5.56 Å². The molecule has 0 bridgehead atoms. The third-order valence-corrected chi connectivity index (χ3v) is 4.68. The van der Waals surface area contributed by atoms with Crippen LogP contribution in [0.3, 0.4) is 0 Å². The van der Waals surface area contributed by atoms with E-state index in [2.05, 4.69) is 26.1 Å². The number of amides is 1. The zero-order valence-electron chi connectivity index (χ0n) is 10.7. The number of nitrogens with one attached hydrogen (secondary N) is 1. The second-order valence-electron chi connectivity index (χ2n) is 5.35. The van der Waals surface area contributed by atoms with E-state index in [1.165, 1.54) is 19.4 Å². The van der Waals surface area contributed by atoms with Gasteiger partial charge in [0.15, 0.2) is 0 Å². The molecule has 19 heavy (non-hydrogen) atoms. The first kappa shape index (κ1) is 12.9. The molecule has 2 saturated heterocycles. The molecule has 5 heteroatoms. The molecule has 3 N–H and O–H groups in total. The third-order valence-electron chi connectivity index (χ3n) is 4.18. The first-order chi connectivity index (χ1) is 9.15. The van der Waals surface area contributed by atoms with Gasteiger partial charge in [-0.05, 0) is 44.0 Å². The molecule has 3 rings (SSSR count). The molecular weight excluding hydrogens is 306 g/mol. The van der Waals surface area contributed by atoms with Crippen molar-refractivity contribution in [2.45, 2.75) is 31.3 Å². The highest BCUT2D eigenvalue weighted by atomic mass is 79.9. The topological polar surface area (TPSA) is 58.4 Å². The molecule has 4 nitrogen and oxygen atoms in total. The number of hydrogen-bond donors (Lipinski definition) is 2. The van der Waals surface area contributed by atoms with Crippen molar-refractivity contribution in [3.8, 4) is 0 Å². The van der Waals surface area contributed by atoms with E-state index in [1.54, 1.807) is 12.1 Å². The molecule has 2 fully saturated rings. The molecule has 0 saturated carbocycles. The van der Waals surface area contributed by atoms with Gasteiger partial charge in [-0.1, -0.05) is 15.9 Å². The van der Waals surface area contributed by atoms with E-state index in [9.17, 15) is 4.79 Å². The number of anilines is 1. The zero-order valence-corrected chi connectivity index (χ0v) is 12.3. The summed E-state index contributed by atoms with van der Waals surface area (Å²) in [6, 6.07) is 6.19. The van der Waals surface area contributed by atoms with Crippen LogP contribution in [0.5, 0.6) is 0 Å². The fourth-order valence-corrected chi connectivity index (χ4v) is 3.58. The molecule has 2 atom stereocenters. The number of nitrogens with two attached hydrogens (primary N) is 1. The van der Waals surface area contributed by atoms with E-state index >= 15 is 0 Å². The first-order valence-corrected chi connectivity index (χ1v) is 7.54. The van der Waals surface area contributed by atoms with Crippen molar-refractivity contribution in [3.05, 3.63) is 28.2 Å². The Morgan fingerprint density at radius 1 is 1.37 bits per heavy atom. The lowest BCUT2D eigenvalue weighted by molar-refractivity contribution is 0.0930. The number of rotatable bonds is 2. The molecule has 2 aliphatic heterocycles. The number of carbonyl (C=O) groups is 1. The van der Waals surface area contributed by atoms with Gasteiger partial charge in [0.1, 0.15) is 0 Å². The molecule has 1 amide bonds. The average molecular weight is 324 g/mol. The summed E-state index contributed by atoms with van der Waals surface area (Å²) in [4.78, 5) is 14.8. The lowest BCUT2D eigenvalue weighted by atomic mass is 10.1. The molecule has 1 aromatic carbocycles. The highest BCUT2D eigenvalue weighted by molar-refractivity contribution is 9.10. The van der Waals surface area contributed by atoms with Crippen LogP contribution in [0.4, 0.5) is 5.69 Å². The molecule has 2 aliphatic rings. The van der Waals surface area contributed by atoms with Crippen LogP contribution in [0.25, 0.3) is 0 Å². The summed E-state index contributed by atoms with van der Waals surface area (Å²) >= 11 is 3.38. The van der Waals surface area contributed by atoms with Gasteiger partial charge in [0, 0.05) is 28.8 Å². The smallest absolute Gasteiger partial charge is 0.253 e. The van der Waals surface area contributed by atoms with Gasteiger partial charge in [-0.2, -0.15) is 0 Å². The number of fused-ring (bicyclic) bond motifs is 1. The highest BCUT2D eigenvalue weighted by Crippen LogP contribution is 2.28. The molecule has 0 aliphatic carbocycles. The van der Waals surface area contributed by atoms with Crippen LogP contribution in [0.2, 0.25) is 0 Å². The number of benzene rings is 1. The fourth-order valence-electron chi connectivity index (χ4n) is 3.22. The van der Waals surface area contributed by atoms with Crippen LogP contribution >= 0.6 is 15.9 Å². The van der Waals surface area contributed by atoms with Crippen LogP contribution in [0.15, 0.2) is 22.7 Å². The van der Waals surface area contributed by atoms with Crippen LogP contribution in [-0.2, 0) is 0 Å². The number of nitrogen functional groups attached to an aromatic ring is 1. The third kappa shape index (κ3) is 2.49. The molecular formula is C14H18BrN3O. The van der Waals surface area contributed by atoms with Crippen molar-refractivity contribution in [2.24, 2.45) is 0 Å². The Kier molecular flexibility index (Phi) is 3.50. The minimum absolute atomic E-state index is 0.0578. The Hall–Kier alpha value is -1.07. The number of nitrogens with zero attached hydrogens (tertiary/aromatic N) is 1.